The van der Waals surface area contributed by atoms with Crippen LogP contribution in [0.15, 0.2) is 30.5 Å². The summed E-state index contributed by atoms with van der Waals surface area (Å²) in [6.45, 7) is 0.647. The third kappa shape index (κ3) is 2.85. The molecule has 4 nitrogen and oxygen atoms in total. The van der Waals surface area contributed by atoms with Crippen molar-refractivity contribution in [1.29, 1.82) is 0 Å². The number of rotatable bonds is 4. The quantitative estimate of drug-likeness (QED) is 0.633. The highest BCUT2D eigenvalue weighted by atomic mass is 127. The Morgan fingerprint density at radius 1 is 1.41 bits per heavy atom. The molecule has 0 N–H and O–H groups in total. The molecule has 0 radical (unpaired) electrons. The molecular formula is C12H11IN2O2. The van der Waals surface area contributed by atoms with Gasteiger partial charge in [0.15, 0.2) is 6.29 Å². The van der Waals surface area contributed by atoms with Crippen LogP contribution < -0.4 is 4.74 Å². The molecule has 0 aliphatic rings. The Bertz CT molecular complexity index is 520. The molecule has 1 aromatic heterocycles. The summed E-state index contributed by atoms with van der Waals surface area (Å²) in [6, 6.07) is 7.77. The first kappa shape index (κ1) is 12.1. The Morgan fingerprint density at radius 2 is 2.12 bits per heavy atom. The van der Waals surface area contributed by atoms with Crippen molar-refractivity contribution in [3.8, 4) is 5.75 Å². The van der Waals surface area contributed by atoms with Crippen LogP contribution >= 0.6 is 22.6 Å². The van der Waals surface area contributed by atoms with Crippen molar-refractivity contribution >= 4 is 28.9 Å². The van der Waals surface area contributed by atoms with Crippen LogP contribution in [0.1, 0.15) is 16.1 Å². The second-order valence-electron chi connectivity index (χ2n) is 3.53. The van der Waals surface area contributed by atoms with E-state index in [0.29, 0.717) is 12.2 Å². The van der Waals surface area contributed by atoms with Crippen LogP contribution in [0.4, 0.5) is 0 Å². The molecule has 0 unspecified atom stereocenters. The van der Waals surface area contributed by atoms with Crippen LogP contribution in [0.3, 0.4) is 0 Å². The molecule has 0 aliphatic carbocycles. The predicted molar refractivity (Wildman–Crippen MR) is 72.4 cm³/mol. The number of nitrogens with zero attached hydrogens (tertiary/aromatic N) is 2. The zero-order valence-electron chi connectivity index (χ0n) is 9.26. The molecule has 0 spiro atoms. The highest BCUT2D eigenvalue weighted by Gasteiger charge is 2.05. The SMILES string of the molecule is COc1ccc(Cn2cc(I)c(C=O)n2)cc1. The average Bonchev–Trinajstić information content (AvgIpc) is 2.70. The average molecular weight is 342 g/mol. The first-order valence-electron chi connectivity index (χ1n) is 5.04. The number of benzene rings is 1. The van der Waals surface area contributed by atoms with E-state index in [1.54, 1.807) is 11.8 Å². The molecule has 0 aliphatic heterocycles. The number of hydrogen-bond donors (Lipinski definition) is 0. The van der Waals surface area contributed by atoms with E-state index in [-0.39, 0.29) is 0 Å². The standard InChI is InChI=1S/C12H11IN2O2/c1-17-10-4-2-9(3-5-10)6-15-7-11(13)12(8-16)14-15/h2-5,7-8H,6H2,1H3. The highest BCUT2D eigenvalue weighted by Crippen LogP contribution is 2.13. The topological polar surface area (TPSA) is 44.1 Å². The molecule has 5 heteroatoms. The van der Waals surface area contributed by atoms with E-state index >= 15 is 0 Å². The minimum atomic E-state index is 0.485. The van der Waals surface area contributed by atoms with Crippen molar-refractivity contribution in [3.63, 3.8) is 0 Å². The van der Waals surface area contributed by atoms with E-state index < -0.39 is 0 Å². The smallest absolute Gasteiger partial charge is 0.171 e. The van der Waals surface area contributed by atoms with Gasteiger partial charge in [-0.05, 0) is 40.3 Å². The maximum Gasteiger partial charge on any atom is 0.171 e. The molecule has 0 saturated carbocycles. The van der Waals surface area contributed by atoms with Gasteiger partial charge in [-0.3, -0.25) is 9.48 Å². The number of halogens is 1. The lowest BCUT2D eigenvalue weighted by molar-refractivity contribution is 0.111. The molecule has 88 valence electrons. The second-order valence-corrected chi connectivity index (χ2v) is 4.69. The number of methoxy groups -OCH3 is 1. The molecule has 0 atom stereocenters. The van der Waals surface area contributed by atoms with Gasteiger partial charge in [-0.2, -0.15) is 5.10 Å². The van der Waals surface area contributed by atoms with E-state index in [0.717, 1.165) is 21.2 Å². The van der Waals surface area contributed by atoms with Gasteiger partial charge in [0.25, 0.3) is 0 Å². The Morgan fingerprint density at radius 3 is 2.65 bits per heavy atom. The number of carbonyl (C=O) groups excluding carboxylic acids is 1. The van der Waals surface area contributed by atoms with Gasteiger partial charge in [0, 0.05) is 6.20 Å². The molecule has 1 aromatic carbocycles. The Labute approximate surface area is 113 Å². The van der Waals surface area contributed by atoms with E-state index in [9.17, 15) is 4.79 Å². The monoisotopic (exact) mass is 342 g/mol. The summed E-state index contributed by atoms with van der Waals surface area (Å²) in [5, 5.41) is 4.18. The maximum atomic E-state index is 10.7. The largest absolute Gasteiger partial charge is 0.497 e. The Hall–Kier alpha value is -1.37. The van der Waals surface area contributed by atoms with Crippen LogP contribution in [0.5, 0.6) is 5.75 Å². The van der Waals surface area contributed by atoms with Crippen molar-refractivity contribution in [3.05, 3.63) is 45.3 Å². The third-order valence-electron chi connectivity index (χ3n) is 2.36. The van der Waals surface area contributed by atoms with Gasteiger partial charge in [-0.15, -0.1) is 0 Å². The number of aromatic nitrogens is 2. The fourth-order valence-electron chi connectivity index (χ4n) is 1.49. The predicted octanol–water partition coefficient (Wildman–Crippen LogP) is 2.36. The molecule has 0 bridgehead atoms. The first-order valence-corrected chi connectivity index (χ1v) is 6.12. The van der Waals surface area contributed by atoms with E-state index in [4.69, 9.17) is 4.74 Å². The lowest BCUT2D eigenvalue weighted by Gasteiger charge is -2.03. The van der Waals surface area contributed by atoms with Crippen LogP contribution in [0, 0.1) is 3.57 Å². The van der Waals surface area contributed by atoms with Gasteiger partial charge in [-0.1, -0.05) is 12.1 Å². The molecule has 0 fully saturated rings. The molecular weight excluding hydrogens is 331 g/mol. The lowest BCUT2D eigenvalue weighted by atomic mass is 10.2. The first-order chi connectivity index (χ1) is 8.22. The summed E-state index contributed by atoms with van der Waals surface area (Å²) in [6.07, 6.45) is 2.63. The summed E-state index contributed by atoms with van der Waals surface area (Å²) in [4.78, 5) is 10.7. The van der Waals surface area contributed by atoms with Crippen LogP contribution in [0.2, 0.25) is 0 Å². The van der Waals surface area contributed by atoms with Gasteiger partial charge in [-0.25, -0.2) is 0 Å². The summed E-state index contributed by atoms with van der Waals surface area (Å²) in [5.74, 6) is 0.831. The molecule has 0 saturated heterocycles. The molecule has 2 rings (SSSR count). The number of hydrogen-bond acceptors (Lipinski definition) is 3. The minimum absolute atomic E-state index is 0.485. The second kappa shape index (κ2) is 5.31. The van der Waals surface area contributed by atoms with Gasteiger partial charge in [0.2, 0.25) is 0 Å². The highest BCUT2D eigenvalue weighted by molar-refractivity contribution is 14.1. The van der Waals surface area contributed by atoms with Crippen molar-refractivity contribution in [2.75, 3.05) is 7.11 Å². The fourth-order valence-corrected chi connectivity index (χ4v) is 2.05. The van der Waals surface area contributed by atoms with Crippen LogP contribution in [-0.4, -0.2) is 23.2 Å². The summed E-state index contributed by atoms with van der Waals surface area (Å²) >= 11 is 2.10. The van der Waals surface area contributed by atoms with Crippen molar-refractivity contribution in [2.45, 2.75) is 6.54 Å². The molecule has 0 amide bonds. The molecule has 1 heterocycles. The molecule has 17 heavy (non-hydrogen) atoms. The fraction of sp³-hybridized carbons (Fsp3) is 0.167. The molecule has 2 aromatic rings. The summed E-state index contributed by atoms with van der Waals surface area (Å²) in [5.41, 5.74) is 1.60. The van der Waals surface area contributed by atoms with Crippen LogP contribution in [0.25, 0.3) is 0 Å². The zero-order valence-corrected chi connectivity index (χ0v) is 11.4. The van der Waals surface area contributed by atoms with E-state index in [1.807, 2.05) is 30.5 Å². The zero-order chi connectivity index (χ0) is 12.3. The van der Waals surface area contributed by atoms with Crippen LogP contribution in [-0.2, 0) is 6.54 Å². The third-order valence-corrected chi connectivity index (χ3v) is 3.19. The number of carbonyl (C=O) groups is 1. The normalized spacial score (nSPS) is 10.2. The van der Waals surface area contributed by atoms with Crippen molar-refractivity contribution in [1.82, 2.24) is 9.78 Å². The van der Waals surface area contributed by atoms with Gasteiger partial charge in [0.05, 0.1) is 17.2 Å². The Balaban J connectivity index is 2.16. The van der Waals surface area contributed by atoms with Crippen molar-refractivity contribution in [2.24, 2.45) is 0 Å². The summed E-state index contributed by atoms with van der Waals surface area (Å²) in [7, 11) is 1.64. The Kier molecular flexibility index (Phi) is 3.78. The van der Waals surface area contributed by atoms with Gasteiger partial charge >= 0.3 is 0 Å². The van der Waals surface area contributed by atoms with E-state index in [1.165, 1.54) is 0 Å². The maximum absolute atomic E-state index is 10.7. The van der Waals surface area contributed by atoms with Crippen molar-refractivity contribution < 1.29 is 9.53 Å². The summed E-state index contributed by atoms with van der Waals surface area (Å²) < 4.78 is 7.71. The number of aldehydes is 1. The van der Waals surface area contributed by atoms with Gasteiger partial charge in [0.1, 0.15) is 11.4 Å². The van der Waals surface area contributed by atoms with Gasteiger partial charge < -0.3 is 4.74 Å². The van der Waals surface area contributed by atoms with E-state index in [2.05, 4.69) is 27.7 Å². The lowest BCUT2D eigenvalue weighted by Crippen LogP contribution is -2.00. The number of ether oxygens (including phenoxy) is 1. The minimum Gasteiger partial charge on any atom is -0.497 e.